The predicted octanol–water partition coefficient (Wildman–Crippen LogP) is 4.83. The Balaban J connectivity index is 2.28. The van der Waals surface area contributed by atoms with Crippen LogP contribution in [0.5, 0.6) is 0 Å². The van der Waals surface area contributed by atoms with Gasteiger partial charge in [-0.25, -0.2) is 3.96 Å². The fourth-order valence-corrected chi connectivity index (χ4v) is 3.54. The first kappa shape index (κ1) is 14.3. The maximum absolute atomic E-state index is 12.8. The van der Waals surface area contributed by atoms with Gasteiger partial charge in [0.25, 0.3) is 5.56 Å². The van der Waals surface area contributed by atoms with Gasteiger partial charge in [0.2, 0.25) is 0 Å². The average Bonchev–Trinajstić information content (AvgIpc) is 2.76. The quantitative estimate of drug-likeness (QED) is 0.598. The number of hydrogen-bond acceptors (Lipinski definition) is 2. The molecule has 0 atom stereocenters. The molecule has 0 spiro atoms. The van der Waals surface area contributed by atoms with Crippen LogP contribution >= 0.6 is 27.5 Å². The summed E-state index contributed by atoms with van der Waals surface area (Å²) in [5.74, 6) is 0. The number of nitrogens with zero attached hydrogens (tertiary/aromatic N) is 1. The highest BCUT2D eigenvalue weighted by molar-refractivity contribution is 9.10. The predicted molar refractivity (Wildman–Crippen MR) is 80.1 cm³/mol. The van der Waals surface area contributed by atoms with Crippen LogP contribution in [0, 0.1) is 0 Å². The second-order valence-corrected chi connectivity index (χ2v) is 6.19. The molecule has 0 radical (unpaired) electrons. The van der Waals surface area contributed by atoms with Crippen molar-refractivity contribution < 1.29 is 13.2 Å². The first-order valence-electron chi connectivity index (χ1n) is 5.86. The van der Waals surface area contributed by atoms with Crippen LogP contribution in [0.25, 0.3) is 15.8 Å². The number of aromatic nitrogens is 1. The molecule has 0 amide bonds. The van der Waals surface area contributed by atoms with Gasteiger partial charge < -0.3 is 0 Å². The topological polar surface area (TPSA) is 22.0 Å². The van der Waals surface area contributed by atoms with Gasteiger partial charge in [-0.15, -0.1) is 0 Å². The molecule has 0 N–H and O–H groups in total. The fourth-order valence-electron chi connectivity index (χ4n) is 1.98. The molecule has 0 aliphatic rings. The minimum absolute atomic E-state index is 0.191. The summed E-state index contributed by atoms with van der Waals surface area (Å²) in [6, 6.07) is 10.2. The second kappa shape index (κ2) is 4.99. The van der Waals surface area contributed by atoms with Crippen LogP contribution in [0.15, 0.2) is 51.7 Å². The lowest BCUT2D eigenvalue weighted by atomic mass is 10.2. The van der Waals surface area contributed by atoms with Crippen LogP contribution in [0.1, 0.15) is 5.56 Å². The molecule has 0 saturated heterocycles. The van der Waals surface area contributed by atoms with Crippen molar-refractivity contribution in [3.8, 4) is 5.69 Å². The average molecular weight is 374 g/mol. The molecule has 3 aromatic rings. The molecule has 0 bridgehead atoms. The monoisotopic (exact) mass is 373 g/mol. The molecule has 108 valence electrons. The van der Waals surface area contributed by atoms with E-state index in [2.05, 4.69) is 15.9 Å². The molecule has 0 unspecified atom stereocenters. The minimum Gasteiger partial charge on any atom is -0.267 e. The van der Waals surface area contributed by atoms with Gasteiger partial charge in [-0.3, -0.25) is 4.79 Å². The van der Waals surface area contributed by atoms with E-state index < -0.39 is 11.7 Å². The van der Waals surface area contributed by atoms with Crippen molar-refractivity contribution in [3.05, 3.63) is 62.9 Å². The summed E-state index contributed by atoms with van der Waals surface area (Å²) >= 11 is 4.32. The zero-order valence-electron chi connectivity index (χ0n) is 10.3. The number of fused-ring (bicyclic) bond motifs is 1. The van der Waals surface area contributed by atoms with Crippen LogP contribution in [-0.2, 0) is 6.18 Å². The van der Waals surface area contributed by atoms with Crippen molar-refractivity contribution in [3.63, 3.8) is 0 Å². The smallest absolute Gasteiger partial charge is 0.267 e. The Morgan fingerprint density at radius 1 is 1.10 bits per heavy atom. The van der Waals surface area contributed by atoms with E-state index in [1.165, 1.54) is 10.0 Å². The lowest BCUT2D eigenvalue weighted by molar-refractivity contribution is -0.137. The standard InChI is InChI=1S/C14H7BrF3NOS/c15-10-6-5-8(14(16,17)18)7-11(10)19-13(20)9-3-1-2-4-12(9)21-19/h1-7H. The van der Waals surface area contributed by atoms with Crippen LogP contribution in [0.3, 0.4) is 0 Å². The Bertz CT molecular complexity index is 882. The number of hydrogen-bond donors (Lipinski definition) is 0. The summed E-state index contributed by atoms with van der Waals surface area (Å²) in [6.07, 6.45) is -4.45. The van der Waals surface area contributed by atoms with Gasteiger partial charge in [0.05, 0.1) is 21.3 Å². The van der Waals surface area contributed by atoms with Gasteiger partial charge in [0.15, 0.2) is 0 Å². The zero-order valence-corrected chi connectivity index (χ0v) is 12.7. The Kier molecular flexibility index (Phi) is 3.41. The Morgan fingerprint density at radius 2 is 1.81 bits per heavy atom. The molecular formula is C14H7BrF3NOS. The highest BCUT2D eigenvalue weighted by atomic mass is 79.9. The van der Waals surface area contributed by atoms with Crippen molar-refractivity contribution in [2.24, 2.45) is 0 Å². The number of benzene rings is 2. The van der Waals surface area contributed by atoms with E-state index in [1.807, 2.05) is 0 Å². The van der Waals surface area contributed by atoms with Crippen LogP contribution in [-0.4, -0.2) is 3.96 Å². The van der Waals surface area contributed by atoms with Crippen LogP contribution in [0.2, 0.25) is 0 Å². The van der Waals surface area contributed by atoms with E-state index in [1.54, 1.807) is 24.3 Å². The SMILES string of the molecule is O=c1c2ccccc2sn1-c1cc(C(F)(F)F)ccc1Br. The normalized spacial score (nSPS) is 12.0. The molecule has 0 aliphatic carbocycles. The molecular weight excluding hydrogens is 367 g/mol. The second-order valence-electron chi connectivity index (χ2n) is 4.35. The third kappa shape index (κ3) is 2.51. The minimum atomic E-state index is -4.45. The summed E-state index contributed by atoms with van der Waals surface area (Å²) in [7, 11) is 0. The molecule has 1 heterocycles. The molecule has 2 aromatic carbocycles. The maximum Gasteiger partial charge on any atom is 0.416 e. The fraction of sp³-hybridized carbons (Fsp3) is 0.0714. The lowest BCUT2D eigenvalue weighted by Crippen LogP contribution is -2.13. The highest BCUT2D eigenvalue weighted by Crippen LogP contribution is 2.34. The van der Waals surface area contributed by atoms with Crippen molar-refractivity contribution >= 4 is 37.5 Å². The summed E-state index contributed by atoms with van der Waals surface area (Å²) < 4.78 is 40.9. The number of rotatable bonds is 1. The third-order valence-corrected chi connectivity index (χ3v) is 4.75. The highest BCUT2D eigenvalue weighted by Gasteiger charge is 2.31. The molecule has 2 nitrogen and oxygen atoms in total. The largest absolute Gasteiger partial charge is 0.416 e. The van der Waals surface area contributed by atoms with Crippen LogP contribution in [0.4, 0.5) is 13.2 Å². The zero-order chi connectivity index (χ0) is 15.2. The van der Waals surface area contributed by atoms with Gasteiger partial charge >= 0.3 is 6.18 Å². The van der Waals surface area contributed by atoms with E-state index in [9.17, 15) is 18.0 Å². The molecule has 7 heteroatoms. The number of alkyl halides is 3. The third-order valence-electron chi connectivity index (χ3n) is 2.98. The van der Waals surface area contributed by atoms with E-state index >= 15 is 0 Å². The Hall–Kier alpha value is -1.60. The summed E-state index contributed by atoms with van der Waals surface area (Å²) in [5, 5.41) is 0.492. The van der Waals surface area contributed by atoms with E-state index in [-0.39, 0.29) is 11.2 Å². The first-order valence-corrected chi connectivity index (χ1v) is 7.43. The van der Waals surface area contributed by atoms with Gasteiger partial charge in [-0.1, -0.05) is 23.7 Å². The van der Waals surface area contributed by atoms with Gasteiger partial charge in [-0.05, 0) is 46.3 Å². The summed E-state index contributed by atoms with van der Waals surface area (Å²) in [6.45, 7) is 0. The van der Waals surface area contributed by atoms with Crippen molar-refractivity contribution in [2.45, 2.75) is 6.18 Å². The molecule has 0 aliphatic heterocycles. The number of halogens is 4. The molecule has 1 aromatic heterocycles. The van der Waals surface area contributed by atoms with Gasteiger partial charge in [0, 0.05) is 4.47 Å². The van der Waals surface area contributed by atoms with Crippen molar-refractivity contribution in [1.82, 2.24) is 3.96 Å². The first-order chi connectivity index (χ1) is 9.88. The molecule has 21 heavy (non-hydrogen) atoms. The van der Waals surface area contributed by atoms with Gasteiger partial charge in [-0.2, -0.15) is 13.2 Å². The molecule has 3 rings (SSSR count). The van der Waals surface area contributed by atoms with E-state index in [0.717, 1.165) is 28.4 Å². The van der Waals surface area contributed by atoms with E-state index in [0.29, 0.717) is 9.86 Å². The van der Waals surface area contributed by atoms with Gasteiger partial charge in [0.1, 0.15) is 0 Å². The van der Waals surface area contributed by atoms with Crippen molar-refractivity contribution in [2.75, 3.05) is 0 Å². The van der Waals surface area contributed by atoms with Crippen molar-refractivity contribution in [1.29, 1.82) is 0 Å². The summed E-state index contributed by atoms with van der Waals surface area (Å²) in [4.78, 5) is 12.3. The molecule has 0 saturated carbocycles. The van der Waals surface area contributed by atoms with E-state index in [4.69, 9.17) is 0 Å². The Morgan fingerprint density at radius 3 is 2.48 bits per heavy atom. The molecule has 0 fully saturated rings. The van der Waals surface area contributed by atoms with Crippen LogP contribution < -0.4 is 5.56 Å². The lowest BCUT2D eigenvalue weighted by Gasteiger charge is -2.10. The Labute approximate surface area is 129 Å². The maximum atomic E-state index is 12.8. The summed E-state index contributed by atoms with van der Waals surface area (Å²) in [5.41, 5.74) is -0.920.